The summed E-state index contributed by atoms with van der Waals surface area (Å²) in [6.07, 6.45) is 7.15. The molecular weight excluding hydrogens is 585 g/mol. The SMILES string of the molecule is CC(C)S(=O)(=O)c1ccc2cc(NC(=O)C3CC3)ncc2c1.CC(C)S(=O)c1ccc2cc(NC(=O)C3CC3)ncc2c1. The molecule has 2 aliphatic rings. The number of nitrogens with zero attached hydrogens (tertiary/aromatic N) is 2. The molecule has 2 amide bonds. The second-order valence-corrected chi connectivity index (χ2v) is 16.1. The number of rotatable bonds is 8. The van der Waals surface area contributed by atoms with E-state index >= 15 is 0 Å². The summed E-state index contributed by atoms with van der Waals surface area (Å²) in [5.41, 5.74) is 0. The lowest BCUT2D eigenvalue weighted by Gasteiger charge is -2.09. The van der Waals surface area contributed by atoms with Crippen molar-refractivity contribution in [3.05, 3.63) is 60.9 Å². The van der Waals surface area contributed by atoms with E-state index in [9.17, 15) is 22.2 Å². The third-order valence-corrected chi connectivity index (χ3v) is 11.1. The summed E-state index contributed by atoms with van der Waals surface area (Å²) in [6, 6.07) is 14.3. The Bertz CT molecular complexity index is 1830. The average Bonchev–Trinajstić information content (AvgIpc) is 3.89. The molecule has 2 aromatic heterocycles. The Morgan fingerprint density at radius 2 is 1.23 bits per heavy atom. The number of hydrogen-bond acceptors (Lipinski definition) is 7. The Morgan fingerprint density at radius 3 is 1.70 bits per heavy atom. The first-order valence-corrected chi connectivity index (χ1v) is 17.2. The van der Waals surface area contributed by atoms with Gasteiger partial charge in [0.15, 0.2) is 9.84 Å². The summed E-state index contributed by atoms with van der Waals surface area (Å²) in [5, 5.41) is 8.77. The van der Waals surface area contributed by atoms with Gasteiger partial charge in [0, 0.05) is 45.1 Å². The maximum absolute atomic E-state index is 12.2. The maximum atomic E-state index is 12.2. The fourth-order valence-corrected chi connectivity index (χ4v) is 6.45. The van der Waals surface area contributed by atoms with Crippen molar-refractivity contribution in [1.29, 1.82) is 0 Å². The largest absolute Gasteiger partial charge is 0.310 e. The molecule has 2 N–H and O–H groups in total. The van der Waals surface area contributed by atoms with Crippen molar-refractivity contribution in [3.63, 3.8) is 0 Å². The topological polar surface area (TPSA) is 135 Å². The van der Waals surface area contributed by atoms with E-state index in [0.29, 0.717) is 16.5 Å². The highest BCUT2D eigenvalue weighted by atomic mass is 32.2. The molecule has 1 atom stereocenters. The second kappa shape index (κ2) is 12.5. The number of sulfone groups is 1. The van der Waals surface area contributed by atoms with E-state index < -0.39 is 25.9 Å². The summed E-state index contributed by atoms with van der Waals surface area (Å²) in [6.45, 7) is 7.20. The number of benzene rings is 2. The first kappa shape index (κ1) is 30.7. The average molecular weight is 621 g/mol. The van der Waals surface area contributed by atoms with Crippen molar-refractivity contribution >= 4 is 65.6 Å². The fourth-order valence-electron chi connectivity index (χ4n) is 4.37. The minimum atomic E-state index is -3.30. The highest BCUT2D eigenvalue weighted by Crippen LogP contribution is 2.31. The Labute approximate surface area is 254 Å². The second-order valence-electron chi connectivity index (χ2n) is 11.6. The Kier molecular flexibility index (Phi) is 8.94. The van der Waals surface area contributed by atoms with Crippen LogP contribution in [0.25, 0.3) is 21.5 Å². The molecule has 0 saturated heterocycles. The Balaban J connectivity index is 0.000000171. The van der Waals surface area contributed by atoms with Crippen molar-refractivity contribution in [2.75, 3.05) is 10.6 Å². The molecule has 2 saturated carbocycles. The number of anilines is 2. The fraction of sp³-hybridized carbons (Fsp3) is 0.375. The molecule has 2 fully saturated rings. The molecule has 43 heavy (non-hydrogen) atoms. The first-order chi connectivity index (χ1) is 20.4. The van der Waals surface area contributed by atoms with Crippen LogP contribution in [0.15, 0.2) is 70.7 Å². The predicted octanol–water partition coefficient (Wildman–Crippen LogP) is 5.86. The van der Waals surface area contributed by atoms with E-state index in [1.165, 1.54) is 0 Å². The molecule has 0 radical (unpaired) electrons. The van der Waals surface area contributed by atoms with Gasteiger partial charge in [-0.05, 0) is 86.7 Å². The number of nitrogens with one attached hydrogen (secondary N) is 2. The molecule has 226 valence electrons. The van der Waals surface area contributed by atoms with Gasteiger partial charge in [-0.25, -0.2) is 18.4 Å². The molecule has 0 aliphatic heterocycles. The molecule has 0 bridgehead atoms. The van der Waals surface area contributed by atoms with Crippen LogP contribution in [0.3, 0.4) is 0 Å². The number of carbonyl (C=O) groups is 2. The number of aromatic nitrogens is 2. The van der Waals surface area contributed by atoms with E-state index in [1.54, 1.807) is 50.5 Å². The summed E-state index contributed by atoms with van der Waals surface area (Å²) < 4.78 is 36.5. The van der Waals surface area contributed by atoms with Gasteiger partial charge in [0.25, 0.3) is 0 Å². The zero-order chi connectivity index (χ0) is 30.9. The summed E-state index contributed by atoms with van der Waals surface area (Å²) >= 11 is 0. The summed E-state index contributed by atoms with van der Waals surface area (Å²) in [7, 11) is -4.30. The van der Waals surface area contributed by atoms with E-state index in [4.69, 9.17) is 0 Å². The van der Waals surface area contributed by atoms with Crippen LogP contribution in [0.5, 0.6) is 0 Å². The van der Waals surface area contributed by atoms with Crippen molar-refractivity contribution in [2.45, 2.75) is 73.7 Å². The number of hydrogen-bond donors (Lipinski definition) is 2. The lowest BCUT2D eigenvalue weighted by atomic mass is 10.2. The number of carbonyl (C=O) groups excluding carboxylic acids is 2. The van der Waals surface area contributed by atoms with E-state index in [2.05, 4.69) is 20.6 Å². The lowest BCUT2D eigenvalue weighted by Crippen LogP contribution is -2.14. The molecule has 6 rings (SSSR count). The summed E-state index contributed by atoms with van der Waals surface area (Å²) in [4.78, 5) is 33.1. The van der Waals surface area contributed by atoms with Crippen LogP contribution < -0.4 is 10.6 Å². The third kappa shape index (κ3) is 7.45. The Hall–Kier alpha value is -3.70. The van der Waals surface area contributed by atoms with Gasteiger partial charge in [0.1, 0.15) is 11.6 Å². The molecule has 2 heterocycles. The molecule has 0 spiro atoms. The normalized spacial score (nSPS) is 15.7. The molecular formula is C32H36N4O5S2. The lowest BCUT2D eigenvalue weighted by molar-refractivity contribution is -0.118. The first-order valence-electron chi connectivity index (χ1n) is 14.5. The highest BCUT2D eigenvalue weighted by molar-refractivity contribution is 7.92. The standard InChI is InChI=1S/C16H18N2O3S.C16H18N2O2S/c1-10(2)22(20,21)14-6-5-12-8-15(17-9-13(12)7-14)18-16(19)11-3-4-11;1-10(2)21(20)14-6-5-12-8-15(17-9-13(12)7-14)18-16(19)11-3-4-11/h5-11H,3-4H2,1-2H3,(H,17,18,19);5-11H,3-4H2,1-2H3,(H,17,18,19). The molecule has 11 heteroatoms. The molecule has 2 aromatic carbocycles. The van der Waals surface area contributed by atoms with Crippen LogP contribution in [0.1, 0.15) is 53.4 Å². The Morgan fingerprint density at radius 1 is 0.744 bits per heavy atom. The number of fused-ring (bicyclic) bond motifs is 2. The molecule has 1 unspecified atom stereocenters. The van der Waals surface area contributed by atoms with Crippen molar-refractivity contribution < 1.29 is 22.2 Å². The van der Waals surface area contributed by atoms with Crippen LogP contribution >= 0.6 is 0 Å². The van der Waals surface area contributed by atoms with Crippen LogP contribution in [-0.4, -0.2) is 44.9 Å². The minimum Gasteiger partial charge on any atom is -0.310 e. The van der Waals surface area contributed by atoms with E-state index in [-0.39, 0.29) is 28.9 Å². The van der Waals surface area contributed by atoms with Gasteiger partial charge < -0.3 is 10.6 Å². The predicted molar refractivity (Wildman–Crippen MR) is 170 cm³/mol. The van der Waals surface area contributed by atoms with Gasteiger partial charge >= 0.3 is 0 Å². The number of amides is 2. The highest BCUT2D eigenvalue weighted by Gasteiger charge is 2.30. The molecule has 9 nitrogen and oxygen atoms in total. The zero-order valence-corrected chi connectivity index (χ0v) is 26.3. The summed E-state index contributed by atoms with van der Waals surface area (Å²) in [5.74, 6) is 1.43. The van der Waals surface area contributed by atoms with Crippen molar-refractivity contribution in [3.8, 4) is 0 Å². The van der Waals surface area contributed by atoms with Crippen molar-refractivity contribution in [1.82, 2.24) is 9.97 Å². The van der Waals surface area contributed by atoms with Gasteiger partial charge in [-0.2, -0.15) is 0 Å². The van der Waals surface area contributed by atoms with Crippen LogP contribution in [0.2, 0.25) is 0 Å². The maximum Gasteiger partial charge on any atom is 0.228 e. The third-order valence-electron chi connectivity index (χ3n) is 7.39. The minimum absolute atomic E-state index is 0.00542. The van der Waals surface area contributed by atoms with Gasteiger partial charge in [-0.3, -0.25) is 13.8 Å². The van der Waals surface area contributed by atoms with Crippen molar-refractivity contribution in [2.24, 2.45) is 11.8 Å². The monoisotopic (exact) mass is 620 g/mol. The van der Waals surface area contributed by atoms with Gasteiger partial charge in [-0.15, -0.1) is 0 Å². The van der Waals surface area contributed by atoms with Crippen LogP contribution in [-0.2, 0) is 30.2 Å². The van der Waals surface area contributed by atoms with Gasteiger partial charge in [0.2, 0.25) is 11.8 Å². The number of pyridine rings is 2. The molecule has 4 aromatic rings. The smallest absolute Gasteiger partial charge is 0.228 e. The van der Waals surface area contributed by atoms with Crippen LogP contribution in [0, 0.1) is 11.8 Å². The quantitative estimate of drug-likeness (QED) is 0.252. The molecule has 2 aliphatic carbocycles. The van der Waals surface area contributed by atoms with Gasteiger partial charge in [-0.1, -0.05) is 26.0 Å². The van der Waals surface area contributed by atoms with Crippen LogP contribution in [0.4, 0.5) is 11.6 Å². The van der Waals surface area contributed by atoms with E-state index in [1.807, 2.05) is 38.1 Å². The van der Waals surface area contributed by atoms with Gasteiger partial charge in [0.05, 0.1) is 20.9 Å². The zero-order valence-electron chi connectivity index (χ0n) is 24.7. The van der Waals surface area contributed by atoms with E-state index in [0.717, 1.165) is 52.1 Å².